The third kappa shape index (κ3) is 3.70. The minimum atomic E-state index is -0.276. The van der Waals surface area contributed by atoms with Crippen LogP contribution in [0.25, 0.3) is 0 Å². The van der Waals surface area contributed by atoms with Gasteiger partial charge in [0.25, 0.3) is 0 Å². The Kier molecular flexibility index (Phi) is 4.19. The molecule has 0 atom stereocenters. The number of carbonyl (C=O) groups excluding carboxylic acids is 1. The predicted molar refractivity (Wildman–Crippen MR) is 86.3 cm³/mol. The maximum Gasteiger partial charge on any atom is 0.321 e. The predicted octanol–water partition coefficient (Wildman–Crippen LogP) is 2.20. The smallest absolute Gasteiger partial charge is 0.321 e. The Bertz CT molecular complexity index is 667. The third-order valence-corrected chi connectivity index (χ3v) is 4.31. The van der Waals surface area contributed by atoms with Crippen molar-refractivity contribution in [3.8, 4) is 0 Å². The number of nitrogens with one attached hydrogen (secondary N) is 2. The lowest BCUT2D eigenvalue weighted by atomic mass is 10.2. The van der Waals surface area contributed by atoms with Crippen LogP contribution in [0.1, 0.15) is 29.3 Å². The van der Waals surface area contributed by atoms with Crippen LogP contribution in [0.3, 0.4) is 0 Å². The van der Waals surface area contributed by atoms with Gasteiger partial charge in [-0.05, 0) is 30.5 Å². The zero-order chi connectivity index (χ0) is 15.5. The van der Waals surface area contributed by atoms with Crippen LogP contribution in [0.15, 0.2) is 18.3 Å². The molecule has 0 bridgehead atoms. The molecule has 2 N–H and O–H groups in total. The summed E-state index contributed by atoms with van der Waals surface area (Å²) in [6.45, 7) is 0.434. The average molecular weight is 318 g/mol. The minimum Gasteiger partial charge on any atom is -0.363 e. The molecule has 1 fully saturated rings. The number of pyridine rings is 1. The molecule has 1 saturated carbocycles. The van der Waals surface area contributed by atoms with E-state index in [1.54, 1.807) is 6.20 Å². The van der Waals surface area contributed by atoms with Gasteiger partial charge in [-0.2, -0.15) is 0 Å². The Hall–Kier alpha value is -2.22. The van der Waals surface area contributed by atoms with Crippen molar-refractivity contribution < 1.29 is 4.79 Å². The topological polar surface area (TPSA) is 83.0 Å². The quantitative estimate of drug-likeness (QED) is 0.883. The van der Waals surface area contributed by atoms with E-state index in [2.05, 4.69) is 25.8 Å². The number of nitrogens with zero attached hydrogens (tertiary/aromatic N) is 4. The molecule has 2 aromatic heterocycles. The van der Waals surface area contributed by atoms with E-state index < -0.39 is 0 Å². The van der Waals surface area contributed by atoms with Crippen molar-refractivity contribution in [2.24, 2.45) is 0 Å². The first-order valence-electron chi connectivity index (χ1n) is 7.12. The van der Waals surface area contributed by atoms with Gasteiger partial charge >= 0.3 is 6.03 Å². The summed E-state index contributed by atoms with van der Waals surface area (Å²) in [6.07, 6.45) is 4.09. The molecule has 116 valence electrons. The van der Waals surface area contributed by atoms with E-state index in [-0.39, 0.29) is 6.03 Å². The van der Waals surface area contributed by atoms with Crippen molar-refractivity contribution in [3.05, 3.63) is 28.9 Å². The maximum absolute atomic E-state index is 11.9. The second kappa shape index (κ2) is 6.27. The SMILES string of the molecule is CN(C)c1cc(CNC(=O)Nc2nnc(C3CC3)s2)ccn1. The molecule has 1 aliphatic rings. The highest BCUT2D eigenvalue weighted by molar-refractivity contribution is 7.15. The fourth-order valence-corrected chi connectivity index (χ4v) is 2.83. The first-order chi connectivity index (χ1) is 10.6. The minimum absolute atomic E-state index is 0.276. The zero-order valence-electron chi connectivity index (χ0n) is 12.5. The maximum atomic E-state index is 11.9. The molecule has 0 aliphatic heterocycles. The molecule has 0 saturated heterocycles. The molecule has 0 radical (unpaired) electrons. The Morgan fingerprint density at radius 2 is 2.23 bits per heavy atom. The van der Waals surface area contributed by atoms with Gasteiger partial charge in [0.1, 0.15) is 10.8 Å². The van der Waals surface area contributed by atoms with E-state index in [1.165, 1.54) is 24.2 Å². The summed E-state index contributed by atoms with van der Waals surface area (Å²) in [4.78, 5) is 18.1. The van der Waals surface area contributed by atoms with E-state index >= 15 is 0 Å². The van der Waals surface area contributed by atoms with E-state index in [1.807, 2.05) is 31.1 Å². The number of aromatic nitrogens is 3. The van der Waals surface area contributed by atoms with E-state index in [0.29, 0.717) is 17.6 Å². The van der Waals surface area contributed by atoms with Crippen LogP contribution in [0.4, 0.5) is 15.7 Å². The van der Waals surface area contributed by atoms with Crippen molar-refractivity contribution in [1.29, 1.82) is 0 Å². The second-order valence-corrected chi connectivity index (χ2v) is 6.45. The fourth-order valence-electron chi connectivity index (χ4n) is 1.92. The molecule has 2 amide bonds. The second-order valence-electron chi connectivity index (χ2n) is 5.44. The van der Waals surface area contributed by atoms with Gasteiger partial charge in [-0.3, -0.25) is 5.32 Å². The highest BCUT2D eigenvalue weighted by Gasteiger charge is 2.27. The first kappa shape index (κ1) is 14.7. The monoisotopic (exact) mass is 318 g/mol. The summed E-state index contributed by atoms with van der Waals surface area (Å²) in [7, 11) is 3.86. The highest BCUT2D eigenvalue weighted by Crippen LogP contribution is 2.41. The van der Waals surface area contributed by atoms with E-state index in [4.69, 9.17) is 0 Å². The Balaban J connectivity index is 1.52. The standard InChI is InChI=1S/C14H18N6OS/c1-20(2)11-7-9(5-6-15-11)8-16-13(21)17-14-19-18-12(22-14)10-3-4-10/h5-7,10H,3-4,8H2,1-2H3,(H2,16,17,19,21). The summed E-state index contributed by atoms with van der Waals surface area (Å²) < 4.78 is 0. The molecule has 2 heterocycles. The van der Waals surface area contributed by atoms with Crippen molar-refractivity contribution in [2.75, 3.05) is 24.3 Å². The molecular formula is C14H18N6OS. The highest BCUT2D eigenvalue weighted by atomic mass is 32.1. The molecular weight excluding hydrogens is 300 g/mol. The molecule has 0 aromatic carbocycles. The van der Waals surface area contributed by atoms with Crippen LogP contribution in [0.5, 0.6) is 0 Å². The number of carbonyl (C=O) groups is 1. The molecule has 1 aliphatic carbocycles. The van der Waals surface area contributed by atoms with E-state index in [9.17, 15) is 4.79 Å². The van der Waals surface area contributed by atoms with Crippen molar-refractivity contribution in [2.45, 2.75) is 25.3 Å². The van der Waals surface area contributed by atoms with Crippen LogP contribution in [-0.2, 0) is 6.54 Å². The largest absolute Gasteiger partial charge is 0.363 e. The number of anilines is 2. The van der Waals surface area contributed by atoms with Crippen LogP contribution in [-0.4, -0.2) is 35.3 Å². The van der Waals surface area contributed by atoms with Gasteiger partial charge in [0.15, 0.2) is 0 Å². The van der Waals surface area contributed by atoms with Crippen molar-refractivity contribution in [3.63, 3.8) is 0 Å². The normalized spacial score (nSPS) is 13.7. The van der Waals surface area contributed by atoms with Crippen LogP contribution in [0.2, 0.25) is 0 Å². The first-order valence-corrected chi connectivity index (χ1v) is 7.94. The summed E-state index contributed by atoms with van der Waals surface area (Å²) in [5.74, 6) is 1.41. The van der Waals surface area contributed by atoms with Gasteiger partial charge in [-0.15, -0.1) is 10.2 Å². The van der Waals surface area contributed by atoms with Gasteiger partial charge in [0, 0.05) is 32.8 Å². The zero-order valence-corrected chi connectivity index (χ0v) is 13.4. The van der Waals surface area contributed by atoms with Gasteiger partial charge in [0.2, 0.25) is 5.13 Å². The Morgan fingerprint density at radius 3 is 2.95 bits per heavy atom. The summed E-state index contributed by atoms with van der Waals surface area (Å²) >= 11 is 1.45. The lowest BCUT2D eigenvalue weighted by Crippen LogP contribution is -2.28. The Labute approximate surface area is 132 Å². The molecule has 0 spiro atoms. The molecule has 7 nitrogen and oxygen atoms in total. The lowest BCUT2D eigenvalue weighted by molar-refractivity contribution is 0.251. The number of hydrogen-bond donors (Lipinski definition) is 2. The molecule has 2 aromatic rings. The fraction of sp³-hybridized carbons (Fsp3) is 0.429. The van der Waals surface area contributed by atoms with Crippen LogP contribution in [0, 0.1) is 0 Å². The van der Waals surface area contributed by atoms with Crippen molar-refractivity contribution in [1.82, 2.24) is 20.5 Å². The van der Waals surface area contributed by atoms with Crippen LogP contribution < -0.4 is 15.5 Å². The summed E-state index contributed by atoms with van der Waals surface area (Å²) in [5, 5.41) is 15.2. The van der Waals surface area contributed by atoms with E-state index in [0.717, 1.165) is 16.4 Å². The lowest BCUT2D eigenvalue weighted by Gasteiger charge is -2.12. The molecule has 0 unspecified atom stereocenters. The van der Waals surface area contributed by atoms with Gasteiger partial charge in [0.05, 0.1) is 0 Å². The summed E-state index contributed by atoms with van der Waals surface area (Å²) in [6, 6.07) is 3.54. The Morgan fingerprint density at radius 1 is 1.41 bits per heavy atom. The van der Waals surface area contributed by atoms with Gasteiger partial charge in [-0.1, -0.05) is 11.3 Å². The van der Waals surface area contributed by atoms with Gasteiger partial charge < -0.3 is 10.2 Å². The molecule has 22 heavy (non-hydrogen) atoms. The number of rotatable bonds is 5. The number of amides is 2. The summed E-state index contributed by atoms with van der Waals surface area (Å²) in [5.41, 5.74) is 0.991. The average Bonchev–Trinajstić information content (AvgIpc) is 3.26. The van der Waals surface area contributed by atoms with Crippen LogP contribution >= 0.6 is 11.3 Å². The molecule has 8 heteroatoms. The molecule has 3 rings (SSSR count). The number of urea groups is 1. The third-order valence-electron chi connectivity index (χ3n) is 3.31. The van der Waals surface area contributed by atoms with Crippen molar-refractivity contribution >= 4 is 28.3 Å². The number of hydrogen-bond acceptors (Lipinski definition) is 6. The van der Waals surface area contributed by atoms with Gasteiger partial charge in [-0.25, -0.2) is 9.78 Å².